The number of carbonyl (C=O) groups is 1. The lowest BCUT2D eigenvalue weighted by Gasteiger charge is -2.07. The molecule has 0 heterocycles. The van der Waals surface area contributed by atoms with Crippen LogP contribution in [0.2, 0.25) is 0 Å². The fraction of sp³-hybridized carbons (Fsp3) is 0.235. The first-order chi connectivity index (χ1) is 9.79. The van der Waals surface area contributed by atoms with Gasteiger partial charge >= 0.3 is 5.97 Å². The molecule has 2 rings (SSSR count). The van der Waals surface area contributed by atoms with Crippen LogP contribution in [0.15, 0.2) is 54.6 Å². The smallest absolute Gasteiger partial charge is 0.338 e. The average molecular weight is 270 g/mol. The molecule has 0 N–H and O–H groups in total. The standard InChI is InChI=1S/C17H18O3/c1-2-12-19-17(18)15-10-8-14(9-11-15)13-20-16-6-4-3-5-7-16/h3-11H,2,12-13H2,1H3. The molecule has 0 fully saturated rings. The van der Waals surface area contributed by atoms with Gasteiger partial charge in [0, 0.05) is 0 Å². The van der Waals surface area contributed by atoms with Gasteiger partial charge < -0.3 is 9.47 Å². The molecule has 0 saturated heterocycles. The third-order valence-electron chi connectivity index (χ3n) is 2.78. The molecule has 0 aliphatic heterocycles. The molecular weight excluding hydrogens is 252 g/mol. The highest BCUT2D eigenvalue weighted by Crippen LogP contribution is 2.12. The Morgan fingerprint density at radius 2 is 1.70 bits per heavy atom. The van der Waals surface area contributed by atoms with Crippen LogP contribution in [0.3, 0.4) is 0 Å². The van der Waals surface area contributed by atoms with E-state index in [4.69, 9.17) is 9.47 Å². The number of para-hydroxylation sites is 1. The summed E-state index contributed by atoms with van der Waals surface area (Å²) in [4.78, 5) is 11.6. The predicted octanol–water partition coefficient (Wildman–Crippen LogP) is 3.83. The predicted molar refractivity (Wildman–Crippen MR) is 77.8 cm³/mol. The van der Waals surface area contributed by atoms with Gasteiger partial charge in [-0.15, -0.1) is 0 Å². The Labute approximate surface area is 119 Å². The molecule has 0 aromatic heterocycles. The highest BCUT2D eigenvalue weighted by Gasteiger charge is 2.06. The van der Waals surface area contributed by atoms with Crippen molar-refractivity contribution in [3.63, 3.8) is 0 Å². The van der Waals surface area contributed by atoms with Gasteiger partial charge in [0.25, 0.3) is 0 Å². The molecule has 2 aromatic carbocycles. The summed E-state index contributed by atoms with van der Waals surface area (Å²) in [6.45, 7) is 2.91. The lowest BCUT2D eigenvalue weighted by atomic mass is 10.1. The Bertz CT molecular complexity index is 532. The zero-order chi connectivity index (χ0) is 14.2. The molecule has 0 saturated carbocycles. The van der Waals surface area contributed by atoms with Crippen molar-refractivity contribution in [1.29, 1.82) is 0 Å². The van der Waals surface area contributed by atoms with E-state index in [1.54, 1.807) is 12.1 Å². The van der Waals surface area contributed by atoms with Crippen molar-refractivity contribution in [2.24, 2.45) is 0 Å². The van der Waals surface area contributed by atoms with Gasteiger partial charge in [-0.25, -0.2) is 4.79 Å². The molecule has 3 nitrogen and oxygen atoms in total. The maximum absolute atomic E-state index is 11.6. The quantitative estimate of drug-likeness (QED) is 0.748. The van der Waals surface area contributed by atoms with Crippen molar-refractivity contribution in [2.75, 3.05) is 6.61 Å². The normalized spacial score (nSPS) is 10.1. The monoisotopic (exact) mass is 270 g/mol. The molecule has 104 valence electrons. The highest BCUT2D eigenvalue weighted by molar-refractivity contribution is 5.89. The molecule has 2 aromatic rings. The van der Waals surface area contributed by atoms with Gasteiger partial charge in [-0.1, -0.05) is 37.3 Å². The fourth-order valence-corrected chi connectivity index (χ4v) is 1.70. The minimum atomic E-state index is -0.276. The topological polar surface area (TPSA) is 35.5 Å². The molecule has 0 unspecified atom stereocenters. The van der Waals surface area contributed by atoms with Crippen LogP contribution < -0.4 is 4.74 Å². The van der Waals surface area contributed by atoms with E-state index in [0.29, 0.717) is 18.8 Å². The molecule has 0 aliphatic rings. The third-order valence-corrected chi connectivity index (χ3v) is 2.78. The summed E-state index contributed by atoms with van der Waals surface area (Å²) in [6.07, 6.45) is 0.828. The maximum atomic E-state index is 11.6. The minimum absolute atomic E-state index is 0.276. The van der Waals surface area contributed by atoms with Gasteiger partial charge in [-0.3, -0.25) is 0 Å². The Balaban J connectivity index is 1.90. The zero-order valence-electron chi connectivity index (χ0n) is 11.5. The molecule has 0 amide bonds. The number of ether oxygens (including phenoxy) is 2. The second-order valence-electron chi connectivity index (χ2n) is 4.43. The third kappa shape index (κ3) is 4.12. The molecule has 0 spiro atoms. The fourth-order valence-electron chi connectivity index (χ4n) is 1.70. The first-order valence-electron chi connectivity index (χ1n) is 6.73. The number of hydrogen-bond acceptors (Lipinski definition) is 3. The van der Waals surface area contributed by atoms with Crippen LogP contribution in [0.5, 0.6) is 5.75 Å². The molecular formula is C17H18O3. The van der Waals surface area contributed by atoms with Gasteiger partial charge in [-0.05, 0) is 36.2 Å². The van der Waals surface area contributed by atoms with E-state index in [1.165, 1.54) is 0 Å². The molecule has 3 heteroatoms. The SMILES string of the molecule is CCCOC(=O)c1ccc(COc2ccccc2)cc1. The summed E-state index contributed by atoms with van der Waals surface area (Å²) in [5.41, 5.74) is 1.59. The second-order valence-corrected chi connectivity index (χ2v) is 4.43. The number of carbonyl (C=O) groups excluding carboxylic acids is 1. The van der Waals surface area contributed by atoms with E-state index >= 15 is 0 Å². The molecule has 0 bridgehead atoms. The number of benzene rings is 2. The zero-order valence-corrected chi connectivity index (χ0v) is 11.5. The van der Waals surface area contributed by atoms with Crippen LogP contribution in [-0.4, -0.2) is 12.6 Å². The lowest BCUT2D eigenvalue weighted by molar-refractivity contribution is 0.0505. The first kappa shape index (κ1) is 14.1. The van der Waals surface area contributed by atoms with Crippen LogP contribution in [-0.2, 0) is 11.3 Å². The van der Waals surface area contributed by atoms with Crippen molar-refractivity contribution in [1.82, 2.24) is 0 Å². The van der Waals surface area contributed by atoms with E-state index in [-0.39, 0.29) is 5.97 Å². The molecule has 0 atom stereocenters. The summed E-state index contributed by atoms with van der Waals surface area (Å²) in [6, 6.07) is 16.9. The van der Waals surface area contributed by atoms with Crippen LogP contribution in [0.1, 0.15) is 29.3 Å². The number of esters is 1. The van der Waals surface area contributed by atoms with Gasteiger partial charge in [-0.2, -0.15) is 0 Å². The first-order valence-corrected chi connectivity index (χ1v) is 6.73. The van der Waals surface area contributed by atoms with Crippen LogP contribution in [0, 0.1) is 0 Å². The van der Waals surface area contributed by atoms with E-state index in [1.807, 2.05) is 49.4 Å². The Morgan fingerprint density at radius 1 is 1.00 bits per heavy atom. The number of hydrogen-bond donors (Lipinski definition) is 0. The van der Waals surface area contributed by atoms with Crippen molar-refractivity contribution < 1.29 is 14.3 Å². The van der Waals surface area contributed by atoms with Gasteiger partial charge in [0.1, 0.15) is 12.4 Å². The molecule has 0 aliphatic carbocycles. The van der Waals surface area contributed by atoms with Crippen molar-refractivity contribution in [3.05, 3.63) is 65.7 Å². The van der Waals surface area contributed by atoms with E-state index in [9.17, 15) is 4.79 Å². The van der Waals surface area contributed by atoms with Crippen LogP contribution in [0.25, 0.3) is 0 Å². The summed E-state index contributed by atoms with van der Waals surface area (Å²) in [5.74, 6) is 0.557. The molecule has 20 heavy (non-hydrogen) atoms. The summed E-state index contributed by atoms with van der Waals surface area (Å²) in [5, 5.41) is 0. The van der Waals surface area contributed by atoms with Crippen molar-refractivity contribution >= 4 is 5.97 Å². The summed E-state index contributed by atoms with van der Waals surface area (Å²) < 4.78 is 10.7. The molecule has 0 radical (unpaired) electrons. The Morgan fingerprint density at radius 3 is 2.35 bits per heavy atom. The number of rotatable bonds is 6. The van der Waals surface area contributed by atoms with Gasteiger partial charge in [0.05, 0.1) is 12.2 Å². The van der Waals surface area contributed by atoms with Gasteiger partial charge in [0.2, 0.25) is 0 Å². The largest absolute Gasteiger partial charge is 0.489 e. The summed E-state index contributed by atoms with van der Waals surface area (Å²) >= 11 is 0. The van der Waals surface area contributed by atoms with Crippen molar-refractivity contribution in [2.45, 2.75) is 20.0 Å². The van der Waals surface area contributed by atoms with E-state index in [2.05, 4.69) is 0 Å². The van der Waals surface area contributed by atoms with Crippen LogP contribution in [0.4, 0.5) is 0 Å². The van der Waals surface area contributed by atoms with Crippen molar-refractivity contribution in [3.8, 4) is 5.75 Å². The van der Waals surface area contributed by atoms with Gasteiger partial charge in [0.15, 0.2) is 0 Å². The average Bonchev–Trinajstić information content (AvgIpc) is 2.52. The van der Waals surface area contributed by atoms with E-state index in [0.717, 1.165) is 17.7 Å². The highest BCUT2D eigenvalue weighted by atomic mass is 16.5. The minimum Gasteiger partial charge on any atom is -0.489 e. The summed E-state index contributed by atoms with van der Waals surface area (Å²) in [7, 11) is 0. The Kier molecular flexibility index (Phi) is 5.18. The Hall–Kier alpha value is -2.29. The second kappa shape index (κ2) is 7.34. The van der Waals surface area contributed by atoms with Crippen LogP contribution >= 0.6 is 0 Å². The maximum Gasteiger partial charge on any atom is 0.338 e. The van der Waals surface area contributed by atoms with E-state index < -0.39 is 0 Å². The lowest BCUT2D eigenvalue weighted by Crippen LogP contribution is -2.06.